The summed E-state index contributed by atoms with van der Waals surface area (Å²) in [6.45, 7) is 15.6. The molecule has 6 N–H and O–H groups in total. The predicted octanol–water partition coefficient (Wildman–Crippen LogP) is 4.66. The van der Waals surface area contributed by atoms with Crippen molar-refractivity contribution < 1.29 is 47.5 Å². The summed E-state index contributed by atoms with van der Waals surface area (Å²) >= 11 is 0. The van der Waals surface area contributed by atoms with Crippen molar-refractivity contribution in [1.29, 1.82) is 0 Å². The number of imide groups is 1. The lowest BCUT2D eigenvalue weighted by Gasteiger charge is -2.26. The van der Waals surface area contributed by atoms with Gasteiger partial charge in [-0.3, -0.25) is 24.1 Å². The van der Waals surface area contributed by atoms with Crippen LogP contribution in [0.5, 0.6) is 5.75 Å². The van der Waals surface area contributed by atoms with Gasteiger partial charge in [0, 0.05) is 38.2 Å². The molecule has 1 aliphatic rings. The molecule has 0 radical (unpaired) electrons. The van der Waals surface area contributed by atoms with Crippen LogP contribution in [0.1, 0.15) is 86.6 Å². The minimum absolute atomic E-state index is 0.159. The number of amides is 2. The molecular weight excluding hydrogens is 646 g/mol. The van der Waals surface area contributed by atoms with Gasteiger partial charge in [-0.15, -0.1) is 0 Å². The Balaban J connectivity index is 0. The molecule has 5 atom stereocenters. The van der Waals surface area contributed by atoms with E-state index in [2.05, 4.69) is 10.4 Å². The minimum atomic E-state index is -1.70. The van der Waals surface area contributed by atoms with Crippen LogP contribution in [0, 0.1) is 5.92 Å². The van der Waals surface area contributed by atoms with Gasteiger partial charge in [0.05, 0.1) is 26.0 Å². The molecule has 1 fully saturated rings. The summed E-state index contributed by atoms with van der Waals surface area (Å²) in [4.78, 5) is 35.9. The molecule has 1 aromatic carbocycles. The van der Waals surface area contributed by atoms with Gasteiger partial charge >= 0.3 is 14.5 Å². The normalized spacial score (nSPS) is 18.2. The Morgan fingerprint density at radius 2 is 1.79 bits per heavy atom. The quantitative estimate of drug-likeness (QED) is 0.0498. The summed E-state index contributed by atoms with van der Waals surface area (Å²) < 4.78 is 33.0. The number of nitrogens with two attached hydrogens (primary N) is 1. The lowest BCUT2D eigenvalue weighted by molar-refractivity contribution is -0.167. The van der Waals surface area contributed by atoms with E-state index in [9.17, 15) is 18.8 Å². The Morgan fingerprint density at radius 1 is 1.19 bits per heavy atom. The first kappa shape index (κ1) is 47.4. The van der Waals surface area contributed by atoms with Crippen molar-refractivity contribution in [2.24, 2.45) is 11.7 Å². The van der Waals surface area contributed by atoms with Crippen LogP contribution in [0.2, 0.25) is 0 Å². The number of nitrogens with zero attached hydrogens (tertiary/aromatic N) is 1. The smallest absolute Gasteiger partial charge is 0.323 e. The van der Waals surface area contributed by atoms with E-state index in [0.717, 1.165) is 18.4 Å². The fourth-order valence-corrected chi connectivity index (χ4v) is 5.26. The maximum absolute atomic E-state index is 12.3. The number of rotatable bonds is 17. The Labute approximate surface area is 287 Å². The van der Waals surface area contributed by atoms with Gasteiger partial charge in [0.15, 0.2) is 5.79 Å². The zero-order valence-electron chi connectivity index (χ0n) is 30.3. The van der Waals surface area contributed by atoms with Crippen molar-refractivity contribution in [3.8, 4) is 5.75 Å². The van der Waals surface area contributed by atoms with Crippen LogP contribution in [0.25, 0.3) is 0 Å². The Kier molecular flexibility index (Phi) is 26.8. The maximum Gasteiger partial charge on any atom is 0.323 e. The topological polar surface area (TPSA) is 182 Å². The molecule has 13 nitrogen and oxygen atoms in total. The monoisotopic (exact) mass is 706 g/mol. The molecule has 278 valence electrons. The molecule has 0 aromatic heterocycles. The zero-order valence-corrected chi connectivity index (χ0v) is 31.2. The lowest BCUT2D eigenvalue weighted by atomic mass is 10.1. The SMILES string of the molecule is CC.CC(C)OC(=O)[C@H](C)NP(OCC1CC(C)C(N(C)/C=C\C(=O)NC=O)O1)Oc1ccc(CN)cc1.CCCC(O)(O)CC.CF. The predicted molar refractivity (Wildman–Crippen MR) is 186 cm³/mol. The van der Waals surface area contributed by atoms with E-state index in [1.54, 1.807) is 58.0 Å². The van der Waals surface area contributed by atoms with Crippen molar-refractivity contribution in [2.45, 2.75) is 118 Å². The third-order valence-electron chi connectivity index (χ3n) is 6.46. The molecule has 0 bridgehead atoms. The van der Waals surface area contributed by atoms with Gasteiger partial charge < -0.3 is 39.4 Å². The summed E-state index contributed by atoms with van der Waals surface area (Å²) in [7, 11) is 0.588. The van der Waals surface area contributed by atoms with E-state index >= 15 is 0 Å². The number of nitrogens with one attached hydrogen (secondary N) is 2. The Morgan fingerprint density at radius 3 is 2.27 bits per heavy atom. The van der Waals surface area contributed by atoms with Gasteiger partial charge in [-0.1, -0.05) is 53.2 Å². The molecule has 2 amide bonds. The number of aliphatic hydroxyl groups is 2. The zero-order chi connectivity index (χ0) is 37.3. The van der Waals surface area contributed by atoms with Crippen LogP contribution in [0.3, 0.4) is 0 Å². The van der Waals surface area contributed by atoms with Crippen LogP contribution in [0.15, 0.2) is 36.5 Å². The van der Waals surface area contributed by atoms with Crippen LogP contribution in [-0.2, 0) is 34.9 Å². The second-order valence-corrected chi connectivity index (χ2v) is 12.1. The van der Waals surface area contributed by atoms with Crippen molar-refractivity contribution in [1.82, 2.24) is 15.3 Å². The molecule has 1 saturated heterocycles. The molecule has 1 aliphatic heterocycles. The average molecular weight is 707 g/mol. The summed E-state index contributed by atoms with van der Waals surface area (Å²) in [6.07, 6.45) is 4.86. The number of benzene rings is 1. The first-order valence-corrected chi connectivity index (χ1v) is 17.4. The summed E-state index contributed by atoms with van der Waals surface area (Å²) in [6, 6.07) is 6.68. The van der Waals surface area contributed by atoms with E-state index < -0.39 is 32.2 Å². The number of esters is 1. The first-order chi connectivity index (χ1) is 22.7. The molecule has 0 spiro atoms. The molecular formula is C33H60FN4O9P. The van der Waals surface area contributed by atoms with Gasteiger partial charge in [-0.2, -0.15) is 0 Å². The summed E-state index contributed by atoms with van der Waals surface area (Å²) in [5.41, 5.74) is 6.64. The highest BCUT2D eigenvalue weighted by Gasteiger charge is 2.35. The first-order valence-electron chi connectivity index (χ1n) is 16.2. The van der Waals surface area contributed by atoms with Crippen LogP contribution in [-0.4, -0.2) is 84.5 Å². The van der Waals surface area contributed by atoms with E-state index in [0.29, 0.717) is 38.7 Å². The fraction of sp³-hybridized carbons (Fsp3) is 0.667. The van der Waals surface area contributed by atoms with E-state index in [-0.39, 0.29) is 31.0 Å². The Bertz CT molecular complexity index is 1030. The molecule has 0 aliphatic carbocycles. The number of alkyl halides is 1. The number of halogens is 1. The van der Waals surface area contributed by atoms with Crippen molar-refractivity contribution in [3.05, 3.63) is 42.1 Å². The highest BCUT2D eigenvalue weighted by molar-refractivity contribution is 7.45. The highest BCUT2D eigenvalue weighted by atomic mass is 31.2. The minimum Gasteiger partial charge on any atom is -0.462 e. The average Bonchev–Trinajstić information content (AvgIpc) is 3.45. The van der Waals surface area contributed by atoms with Crippen LogP contribution >= 0.6 is 8.53 Å². The highest BCUT2D eigenvalue weighted by Crippen LogP contribution is 2.38. The largest absolute Gasteiger partial charge is 0.462 e. The van der Waals surface area contributed by atoms with Gasteiger partial charge in [0.2, 0.25) is 6.41 Å². The molecule has 4 unspecified atom stereocenters. The molecule has 0 saturated carbocycles. The van der Waals surface area contributed by atoms with Crippen molar-refractivity contribution >= 4 is 26.8 Å². The molecule has 2 rings (SSSR count). The number of hydrogen-bond acceptors (Lipinski definition) is 12. The summed E-state index contributed by atoms with van der Waals surface area (Å²) in [5, 5.41) is 22.9. The summed E-state index contributed by atoms with van der Waals surface area (Å²) in [5.74, 6) is -1.59. The standard InChI is InChI=1S/C24H37N4O7P.C6H14O2.C2H6.CH3F/c1-16(2)33-24(31)18(4)27-36(35-20-8-6-19(13-25)7-9-20)32-14-21-12-17(3)23(34-21)28(5)11-10-22(30)26-15-29;1-3-5-6(7,8)4-2;2*1-2/h6-11,15-18,21,23,27H,12-14,25H2,1-5H3,(H,26,29,30);7-8H,3-5H2,1-2H3;1-2H3;1H3/b11-10-;;;/t17?,18-,21?,23?,36?;;;/m0.../s1. The second kappa shape index (κ2) is 27.2. The van der Waals surface area contributed by atoms with Gasteiger partial charge in [0.1, 0.15) is 18.0 Å². The molecule has 15 heteroatoms. The van der Waals surface area contributed by atoms with Gasteiger partial charge in [-0.05, 0) is 51.3 Å². The van der Waals surface area contributed by atoms with E-state index in [4.69, 9.17) is 34.5 Å². The van der Waals surface area contributed by atoms with Gasteiger partial charge in [-0.25, -0.2) is 5.09 Å². The van der Waals surface area contributed by atoms with Gasteiger partial charge in [0.25, 0.3) is 5.91 Å². The van der Waals surface area contributed by atoms with Crippen molar-refractivity contribution in [2.75, 3.05) is 20.8 Å². The van der Waals surface area contributed by atoms with E-state index in [1.807, 2.05) is 39.8 Å². The van der Waals surface area contributed by atoms with Crippen LogP contribution < -0.4 is 20.7 Å². The Hall–Kier alpha value is -2.71. The third kappa shape index (κ3) is 20.6. The fourth-order valence-electron chi connectivity index (χ4n) is 4.04. The molecule has 48 heavy (non-hydrogen) atoms. The third-order valence-corrected chi connectivity index (χ3v) is 7.82. The second-order valence-electron chi connectivity index (χ2n) is 10.9. The number of carbonyl (C=O) groups excluding carboxylic acids is 3. The van der Waals surface area contributed by atoms with Crippen molar-refractivity contribution in [3.63, 3.8) is 0 Å². The van der Waals surface area contributed by atoms with E-state index in [1.165, 1.54) is 6.08 Å². The maximum atomic E-state index is 12.3. The number of hydrogen-bond donors (Lipinski definition) is 5. The van der Waals surface area contributed by atoms with Crippen LogP contribution in [0.4, 0.5) is 4.39 Å². The molecule has 1 aromatic rings. The number of ether oxygens (including phenoxy) is 2. The molecule has 1 heterocycles. The lowest BCUT2D eigenvalue weighted by Crippen LogP contribution is -2.35. The number of carbonyl (C=O) groups is 3.